The number of rotatable bonds is 6. The van der Waals surface area contributed by atoms with Gasteiger partial charge in [0.2, 0.25) is 5.91 Å². The molecule has 0 radical (unpaired) electrons. The van der Waals surface area contributed by atoms with Gasteiger partial charge in [0.15, 0.2) is 0 Å². The van der Waals surface area contributed by atoms with E-state index in [4.69, 9.17) is 5.26 Å². The second-order valence-corrected chi connectivity index (χ2v) is 6.63. The molecule has 1 aromatic carbocycles. The van der Waals surface area contributed by atoms with Gasteiger partial charge in [-0.1, -0.05) is 18.2 Å². The zero-order valence-electron chi connectivity index (χ0n) is 15.5. The van der Waals surface area contributed by atoms with E-state index in [0.717, 1.165) is 17.5 Å². The molecule has 0 aliphatic carbocycles. The van der Waals surface area contributed by atoms with E-state index in [-0.39, 0.29) is 17.0 Å². The van der Waals surface area contributed by atoms with Crippen molar-refractivity contribution in [2.24, 2.45) is 0 Å². The number of amides is 1. The van der Waals surface area contributed by atoms with Crippen LogP contribution in [0.2, 0.25) is 0 Å². The van der Waals surface area contributed by atoms with E-state index in [1.54, 1.807) is 13.8 Å². The first-order valence-corrected chi connectivity index (χ1v) is 8.95. The monoisotopic (exact) mass is 362 g/mol. The number of hydrogen-bond donors (Lipinski definition) is 3. The lowest BCUT2D eigenvalue weighted by Gasteiger charge is -2.11. The van der Waals surface area contributed by atoms with E-state index in [9.17, 15) is 9.59 Å². The number of para-hydroxylation sites is 1. The summed E-state index contributed by atoms with van der Waals surface area (Å²) < 4.78 is 0. The fraction of sp³-hybridized carbons (Fsp3) is 0.286. The van der Waals surface area contributed by atoms with Crippen molar-refractivity contribution in [3.63, 3.8) is 0 Å². The highest BCUT2D eigenvalue weighted by Gasteiger charge is 2.13. The fourth-order valence-corrected chi connectivity index (χ4v) is 3.42. The smallest absolute Gasteiger partial charge is 0.266 e. The van der Waals surface area contributed by atoms with Crippen molar-refractivity contribution in [1.29, 1.82) is 5.26 Å². The van der Waals surface area contributed by atoms with E-state index >= 15 is 0 Å². The summed E-state index contributed by atoms with van der Waals surface area (Å²) in [5.41, 5.74) is 4.24. The number of benzene rings is 1. The summed E-state index contributed by atoms with van der Waals surface area (Å²) in [7, 11) is 0. The Labute approximate surface area is 157 Å². The maximum Gasteiger partial charge on any atom is 0.266 e. The highest BCUT2D eigenvalue weighted by atomic mass is 16.1. The Morgan fingerprint density at radius 2 is 2.00 bits per heavy atom. The lowest BCUT2D eigenvalue weighted by molar-refractivity contribution is -0.121. The number of carbonyl (C=O) groups is 1. The molecule has 0 aliphatic heterocycles. The van der Waals surface area contributed by atoms with Gasteiger partial charge in [0, 0.05) is 35.8 Å². The van der Waals surface area contributed by atoms with E-state index in [1.165, 1.54) is 10.9 Å². The van der Waals surface area contributed by atoms with E-state index in [2.05, 4.69) is 21.4 Å². The van der Waals surface area contributed by atoms with Crippen LogP contribution >= 0.6 is 0 Å². The Morgan fingerprint density at radius 1 is 1.22 bits per heavy atom. The molecule has 0 aliphatic rings. The summed E-state index contributed by atoms with van der Waals surface area (Å²) in [5, 5.41) is 13.2. The van der Waals surface area contributed by atoms with Crippen LogP contribution in [-0.4, -0.2) is 22.4 Å². The third-order valence-corrected chi connectivity index (χ3v) is 4.91. The number of aromatic nitrogens is 2. The molecule has 3 N–H and O–H groups in total. The zero-order valence-corrected chi connectivity index (χ0v) is 15.5. The Morgan fingerprint density at radius 3 is 2.78 bits per heavy atom. The molecular formula is C21H22N4O2. The van der Waals surface area contributed by atoms with E-state index in [0.29, 0.717) is 30.6 Å². The van der Waals surface area contributed by atoms with Gasteiger partial charge in [0.05, 0.1) is 0 Å². The van der Waals surface area contributed by atoms with Crippen LogP contribution in [-0.2, 0) is 17.6 Å². The normalized spacial score (nSPS) is 10.7. The van der Waals surface area contributed by atoms with Gasteiger partial charge in [-0.2, -0.15) is 5.26 Å². The lowest BCUT2D eigenvalue weighted by atomic mass is 9.99. The minimum absolute atomic E-state index is 0.0432. The molecule has 27 heavy (non-hydrogen) atoms. The predicted octanol–water partition coefficient (Wildman–Crippen LogP) is 2.64. The highest BCUT2D eigenvalue weighted by molar-refractivity contribution is 5.83. The maximum atomic E-state index is 12.2. The molecular weight excluding hydrogens is 340 g/mol. The first-order valence-electron chi connectivity index (χ1n) is 8.95. The fourth-order valence-electron chi connectivity index (χ4n) is 3.42. The molecule has 6 nitrogen and oxygen atoms in total. The number of fused-ring (bicyclic) bond motifs is 1. The molecule has 3 aromatic rings. The summed E-state index contributed by atoms with van der Waals surface area (Å²) in [6, 6.07) is 10.0. The third-order valence-electron chi connectivity index (χ3n) is 4.91. The topological polar surface area (TPSA) is 102 Å². The molecule has 1 amide bonds. The highest BCUT2D eigenvalue weighted by Crippen LogP contribution is 2.18. The van der Waals surface area contributed by atoms with Crippen LogP contribution in [0.3, 0.4) is 0 Å². The van der Waals surface area contributed by atoms with Crippen LogP contribution in [0, 0.1) is 25.2 Å². The molecule has 0 fully saturated rings. The van der Waals surface area contributed by atoms with Crippen LogP contribution in [0.1, 0.15) is 34.4 Å². The second-order valence-electron chi connectivity index (χ2n) is 6.63. The van der Waals surface area contributed by atoms with Gasteiger partial charge in [-0.3, -0.25) is 9.59 Å². The Balaban J connectivity index is 1.56. The molecule has 138 valence electrons. The number of pyridine rings is 1. The number of nitrogens with zero attached hydrogens (tertiary/aromatic N) is 1. The van der Waals surface area contributed by atoms with Gasteiger partial charge in [-0.05, 0) is 49.4 Å². The third kappa shape index (κ3) is 3.93. The number of hydrogen-bond acceptors (Lipinski definition) is 3. The molecule has 0 atom stereocenters. The largest absolute Gasteiger partial charge is 0.361 e. The number of carbonyl (C=O) groups excluding carboxylic acids is 1. The summed E-state index contributed by atoms with van der Waals surface area (Å²) in [6.07, 6.45) is 3.53. The van der Waals surface area contributed by atoms with Gasteiger partial charge in [-0.25, -0.2) is 0 Å². The molecule has 2 aromatic heterocycles. The number of nitriles is 1. The number of aromatic amines is 2. The van der Waals surface area contributed by atoms with Gasteiger partial charge in [0.25, 0.3) is 5.56 Å². The molecule has 0 spiro atoms. The molecule has 2 heterocycles. The van der Waals surface area contributed by atoms with Crippen LogP contribution in [0.15, 0.2) is 35.3 Å². The number of nitrogens with one attached hydrogen (secondary N) is 3. The predicted molar refractivity (Wildman–Crippen MR) is 105 cm³/mol. The molecule has 0 saturated carbocycles. The minimum Gasteiger partial charge on any atom is -0.361 e. The van der Waals surface area contributed by atoms with Crippen LogP contribution in [0.4, 0.5) is 0 Å². The second kappa shape index (κ2) is 7.92. The van der Waals surface area contributed by atoms with Crippen molar-refractivity contribution in [2.45, 2.75) is 33.1 Å². The number of aryl methyl sites for hydroxylation is 1. The zero-order chi connectivity index (χ0) is 19.4. The molecule has 3 rings (SSSR count). The standard InChI is InChI=1S/C21H22N4O2/c1-13-16(14(2)25-21(27)18(13)11-22)7-8-20(26)23-10-9-15-12-24-19-6-4-3-5-17(15)19/h3-6,12,24H,7-10H2,1-2H3,(H,23,26)(H,25,27). The Hall–Kier alpha value is -3.33. The first-order chi connectivity index (χ1) is 13.0. The number of H-pyrrole nitrogens is 2. The van der Waals surface area contributed by atoms with Gasteiger partial charge >= 0.3 is 0 Å². The van der Waals surface area contributed by atoms with Crippen molar-refractivity contribution in [3.8, 4) is 6.07 Å². The molecule has 0 saturated heterocycles. The summed E-state index contributed by atoms with van der Waals surface area (Å²) in [4.78, 5) is 29.9. The van der Waals surface area contributed by atoms with E-state index in [1.807, 2.05) is 30.5 Å². The van der Waals surface area contributed by atoms with Crippen molar-refractivity contribution in [2.75, 3.05) is 6.54 Å². The van der Waals surface area contributed by atoms with Crippen molar-refractivity contribution in [3.05, 3.63) is 68.8 Å². The Kier molecular flexibility index (Phi) is 5.41. The molecule has 0 bridgehead atoms. The lowest BCUT2D eigenvalue weighted by Crippen LogP contribution is -2.26. The average Bonchev–Trinajstić information content (AvgIpc) is 3.05. The summed E-state index contributed by atoms with van der Waals surface area (Å²) >= 11 is 0. The minimum atomic E-state index is -0.376. The van der Waals surface area contributed by atoms with Gasteiger partial charge in [-0.15, -0.1) is 0 Å². The average molecular weight is 362 g/mol. The van der Waals surface area contributed by atoms with E-state index < -0.39 is 0 Å². The van der Waals surface area contributed by atoms with Crippen molar-refractivity contribution in [1.82, 2.24) is 15.3 Å². The van der Waals surface area contributed by atoms with Crippen LogP contribution in [0.25, 0.3) is 10.9 Å². The van der Waals surface area contributed by atoms with Gasteiger partial charge in [0.1, 0.15) is 11.6 Å². The quantitative estimate of drug-likeness (QED) is 0.628. The maximum absolute atomic E-state index is 12.2. The molecule has 6 heteroatoms. The van der Waals surface area contributed by atoms with Crippen LogP contribution < -0.4 is 10.9 Å². The Bertz CT molecular complexity index is 1090. The SMILES string of the molecule is Cc1[nH]c(=O)c(C#N)c(C)c1CCC(=O)NCCc1c[nH]c2ccccc12. The van der Waals surface area contributed by atoms with Crippen molar-refractivity contribution < 1.29 is 4.79 Å². The first kappa shape index (κ1) is 18.5. The van der Waals surface area contributed by atoms with Crippen LogP contribution in [0.5, 0.6) is 0 Å². The van der Waals surface area contributed by atoms with Crippen molar-refractivity contribution >= 4 is 16.8 Å². The molecule has 0 unspecified atom stereocenters. The summed E-state index contributed by atoms with van der Waals surface area (Å²) in [5.74, 6) is -0.0432. The van der Waals surface area contributed by atoms with Gasteiger partial charge < -0.3 is 15.3 Å². The summed E-state index contributed by atoms with van der Waals surface area (Å²) in [6.45, 7) is 4.11.